The summed E-state index contributed by atoms with van der Waals surface area (Å²) in [6, 6.07) is 1.34. The van der Waals surface area contributed by atoms with Gasteiger partial charge in [0.2, 0.25) is 0 Å². The molecule has 1 aliphatic rings. The highest BCUT2D eigenvalue weighted by molar-refractivity contribution is 4.78. The number of rotatable bonds is 6. The van der Waals surface area contributed by atoms with Crippen LogP contribution in [0.5, 0.6) is 0 Å². The molecule has 1 saturated carbocycles. The van der Waals surface area contributed by atoms with Crippen molar-refractivity contribution >= 4 is 0 Å². The van der Waals surface area contributed by atoms with Gasteiger partial charge in [-0.3, -0.25) is 0 Å². The summed E-state index contributed by atoms with van der Waals surface area (Å²) in [7, 11) is 0. The van der Waals surface area contributed by atoms with Gasteiger partial charge in [0, 0.05) is 18.6 Å². The molecule has 1 aliphatic carbocycles. The third-order valence-electron chi connectivity index (χ3n) is 3.02. The number of hydrogen-bond donors (Lipinski definition) is 2. The second-order valence-corrected chi connectivity index (χ2v) is 4.22. The summed E-state index contributed by atoms with van der Waals surface area (Å²) in [4.78, 5) is 0. The second kappa shape index (κ2) is 6.39. The first-order valence-electron chi connectivity index (χ1n) is 5.83. The van der Waals surface area contributed by atoms with E-state index in [1.807, 2.05) is 0 Å². The molecule has 0 radical (unpaired) electrons. The largest absolute Gasteiger partial charge is 0.329 e. The molecule has 78 valence electrons. The Hall–Kier alpha value is -0.0800. The lowest BCUT2D eigenvalue weighted by atomic mass is 10.1. The van der Waals surface area contributed by atoms with E-state index in [1.165, 1.54) is 44.9 Å². The molecule has 2 heteroatoms. The summed E-state index contributed by atoms with van der Waals surface area (Å²) in [6.07, 6.45) is 9.38. The van der Waals surface area contributed by atoms with Crippen LogP contribution in [0.4, 0.5) is 0 Å². The minimum Gasteiger partial charge on any atom is -0.329 e. The zero-order valence-electron chi connectivity index (χ0n) is 8.89. The summed E-state index contributed by atoms with van der Waals surface area (Å²) < 4.78 is 0. The molecule has 0 aromatic heterocycles. The van der Waals surface area contributed by atoms with Crippen LogP contribution in [0.1, 0.15) is 51.9 Å². The Morgan fingerprint density at radius 1 is 1.38 bits per heavy atom. The van der Waals surface area contributed by atoms with E-state index in [0.29, 0.717) is 6.04 Å². The van der Waals surface area contributed by atoms with Crippen molar-refractivity contribution in [2.45, 2.75) is 64.0 Å². The number of nitrogens with two attached hydrogens (primary N) is 1. The van der Waals surface area contributed by atoms with Crippen LogP contribution in [0.2, 0.25) is 0 Å². The summed E-state index contributed by atoms with van der Waals surface area (Å²) in [5.41, 5.74) is 5.73. The molecule has 1 unspecified atom stereocenters. The molecule has 3 N–H and O–H groups in total. The van der Waals surface area contributed by atoms with Crippen LogP contribution in [0.3, 0.4) is 0 Å². The van der Waals surface area contributed by atoms with Crippen LogP contribution < -0.4 is 11.1 Å². The highest BCUT2D eigenvalue weighted by Crippen LogP contribution is 2.18. The Bertz CT molecular complexity index is 119. The van der Waals surface area contributed by atoms with Crippen molar-refractivity contribution in [1.29, 1.82) is 0 Å². The van der Waals surface area contributed by atoms with Crippen molar-refractivity contribution in [2.24, 2.45) is 5.73 Å². The van der Waals surface area contributed by atoms with E-state index in [4.69, 9.17) is 5.73 Å². The molecular formula is C11H24N2. The summed E-state index contributed by atoms with van der Waals surface area (Å²) in [5.74, 6) is 0. The van der Waals surface area contributed by atoms with Crippen molar-refractivity contribution < 1.29 is 0 Å². The molecule has 0 aromatic carbocycles. The van der Waals surface area contributed by atoms with Gasteiger partial charge in [0.15, 0.2) is 0 Å². The number of nitrogens with one attached hydrogen (secondary N) is 1. The molecule has 1 rings (SSSR count). The zero-order chi connectivity index (χ0) is 9.52. The Morgan fingerprint density at radius 2 is 2.08 bits per heavy atom. The van der Waals surface area contributed by atoms with Crippen molar-refractivity contribution in [3.05, 3.63) is 0 Å². The van der Waals surface area contributed by atoms with Crippen LogP contribution in [-0.4, -0.2) is 18.6 Å². The van der Waals surface area contributed by atoms with Gasteiger partial charge in [0.05, 0.1) is 0 Å². The van der Waals surface area contributed by atoms with Crippen LogP contribution in [0.15, 0.2) is 0 Å². The van der Waals surface area contributed by atoms with Gasteiger partial charge in [-0.1, -0.05) is 32.6 Å². The summed E-state index contributed by atoms with van der Waals surface area (Å²) in [6.45, 7) is 3.04. The monoisotopic (exact) mass is 184 g/mol. The van der Waals surface area contributed by atoms with Crippen molar-refractivity contribution in [3.8, 4) is 0 Å². The molecule has 0 bridgehead atoms. The topological polar surface area (TPSA) is 38.0 Å². The van der Waals surface area contributed by atoms with Gasteiger partial charge in [-0.05, 0) is 19.3 Å². The van der Waals surface area contributed by atoms with Gasteiger partial charge in [-0.25, -0.2) is 0 Å². The quantitative estimate of drug-likeness (QED) is 0.663. The lowest BCUT2D eigenvalue weighted by Crippen LogP contribution is -2.41. The van der Waals surface area contributed by atoms with Gasteiger partial charge in [-0.2, -0.15) is 0 Å². The molecule has 0 aliphatic heterocycles. The van der Waals surface area contributed by atoms with E-state index in [9.17, 15) is 0 Å². The van der Waals surface area contributed by atoms with Gasteiger partial charge in [-0.15, -0.1) is 0 Å². The Morgan fingerprint density at radius 3 is 2.62 bits per heavy atom. The molecule has 0 amide bonds. The van der Waals surface area contributed by atoms with E-state index >= 15 is 0 Å². The fourth-order valence-electron chi connectivity index (χ4n) is 2.15. The normalized spacial score (nSPS) is 20.8. The van der Waals surface area contributed by atoms with Gasteiger partial charge in [0.25, 0.3) is 0 Å². The Labute approximate surface area is 82.3 Å². The Balaban J connectivity index is 2.13. The van der Waals surface area contributed by atoms with E-state index in [0.717, 1.165) is 12.6 Å². The molecular weight excluding hydrogens is 160 g/mol. The van der Waals surface area contributed by atoms with Gasteiger partial charge in [0.1, 0.15) is 0 Å². The van der Waals surface area contributed by atoms with E-state index in [-0.39, 0.29) is 0 Å². The first kappa shape index (κ1) is 11.0. The fraction of sp³-hybridized carbons (Fsp3) is 1.00. The van der Waals surface area contributed by atoms with Crippen LogP contribution in [-0.2, 0) is 0 Å². The maximum atomic E-state index is 5.73. The Kier molecular flexibility index (Phi) is 5.40. The van der Waals surface area contributed by atoms with E-state index in [1.54, 1.807) is 0 Å². The SMILES string of the molecule is CCCCC(CN)NC1CCCC1. The number of unbranched alkanes of at least 4 members (excludes halogenated alkanes) is 1. The minimum atomic E-state index is 0.572. The van der Waals surface area contributed by atoms with Crippen molar-refractivity contribution in [1.82, 2.24) is 5.32 Å². The number of hydrogen-bond acceptors (Lipinski definition) is 2. The molecule has 1 fully saturated rings. The lowest BCUT2D eigenvalue weighted by Gasteiger charge is -2.21. The highest BCUT2D eigenvalue weighted by atomic mass is 15.0. The molecule has 13 heavy (non-hydrogen) atoms. The van der Waals surface area contributed by atoms with Crippen molar-refractivity contribution in [3.63, 3.8) is 0 Å². The molecule has 0 heterocycles. The lowest BCUT2D eigenvalue weighted by molar-refractivity contribution is 0.406. The van der Waals surface area contributed by atoms with Crippen LogP contribution >= 0.6 is 0 Å². The third-order valence-corrected chi connectivity index (χ3v) is 3.02. The highest BCUT2D eigenvalue weighted by Gasteiger charge is 2.17. The van der Waals surface area contributed by atoms with E-state index in [2.05, 4.69) is 12.2 Å². The maximum Gasteiger partial charge on any atom is 0.0192 e. The first-order valence-corrected chi connectivity index (χ1v) is 5.83. The molecule has 2 nitrogen and oxygen atoms in total. The predicted molar refractivity (Wildman–Crippen MR) is 57.8 cm³/mol. The standard InChI is InChI=1S/C11H24N2/c1-2-3-6-11(9-12)13-10-7-4-5-8-10/h10-11,13H,2-9,12H2,1H3. The second-order valence-electron chi connectivity index (χ2n) is 4.22. The van der Waals surface area contributed by atoms with Crippen molar-refractivity contribution in [2.75, 3.05) is 6.54 Å². The molecule has 0 spiro atoms. The smallest absolute Gasteiger partial charge is 0.0192 e. The summed E-state index contributed by atoms with van der Waals surface area (Å²) in [5, 5.41) is 3.68. The van der Waals surface area contributed by atoms with Gasteiger partial charge < -0.3 is 11.1 Å². The maximum absolute atomic E-state index is 5.73. The predicted octanol–water partition coefficient (Wildman–Crippen LogP) is 2.04. The summed E-state index contributed by atoms with van der Waals surface area (Å²) >= 11 is 0. The molecule has 1 atom stereocenters. The van der Waals surface area contributed by atoms with Crippen LogP contribution in [0.25, 0.3) is 0 Å². The minimum absolute atomic E-state index is 0.572. The zero-order valence-corrected chi connectivity index (χ0v) is 8.89. The van der Waals surface area contributed by atoms with Crippen LogP contribution in [0, 0.1) is 0 Å². The third kappa shape index (κ3) is 4.10. The average molecular weight is 184 g/mol. The fourth-order valence-corrected chi connectivity index (χ4v) is 2.15. The molecule has 0 aromatic rings. The molecule has 0 saturated heterocycles. The first-order chi connectivity index (χ1) is 6.36. The van der Waals surface area contributed by atoms with E-state index < -0.39 is 0 Å². The van der Waals surface area contributed by atoms with Gasteiger partial charge >= 0.3 is 0 Å². The average Bonchev–Trinajstić information content (AvgIpc) is 2.64.